The molecule has 2 rings (SSSR count). The van der Waals surface area contributed by atoms with Crippen LogP contribution >= 0.6 is 11.6 Å². The number of halogens is 1. The minimum atomic E-state index is -0.0556. The van der Waals surface area contributed by atoms with E-state index in [1.165, 1.54) is 0 Å². The van der Waals surface area contributed by atoms with E-state index in [0.29, 0.717) is 5.02 Å². The third-order valence-corrected chi connectivity index (χ3v) is 2.91. The molecule has 2 heterocycles. The maximum absolute atomic E-state index is 6.13. The normalized spacial score (nSPS) is 13.0. The first-order chi connectivity index (χ1) is 7.65. The van der Waals surface area contributed by atoms with Gasteiger partial charge in [0.05, 0.1) is 16.9 Å². The summed E-state index contributed by atoms with van der Waals surface area (Å²) >= 11 is 6.13. The number of imidazole rings is 1. The van der Waals surface area contributed by atoms with Crippen LogP contribution < -0.4 is 5.32 Å². The summed E-state index contributed by atoms with van der Waals surface area (Å²) in [6.07, 6.45) is 5.32. The molecule has 0 saturated carbocycles. The molecule has 16 heavy (non-hydrogen) atoms. The van der Waals surface area contributed by atoms with Crippen LogP contribution in [0.4, 0.5) is 0 Å². The van der Waals surface area contributed by atoms with Gasteiger partial charge in [-0.25, -0.2) is 4.98 Å². The number of hydrogen-bond donors (Lipinski definition) is 1. The van der Waals surface area contributed by atoms with Crippen LogP contribution in [0.3, 0.4) is 0 Å². The smallest absolute Gasteiger partial charge is 0.131 e. The Morgan fingerprint density at radius 3 is 2.62 bits per heavy atom. The van der Waals surface area contributed by atoms with Crippen LogP contribution in [0.15, 0.2) is 18.6 Å². The molecular formula is C10H14ClN5. The van der Waals surface area contributed by atoms with Gasteiger partial charge < -0.3 is 9.88 Å². The average Bonchev–Trinajstić information content (AvgIpc) is 2.80. The SMILES string of the molecule is CNC(c1nccn1C)c1c(Cl)cnn1C. The molecule has 1 atom stereocenters. The van der Waals surface area contributed by atoms with Crippen molar-refractivity contribution in [2.45, 2.75) is 6.04 Å². The summed E-state index contributed by atoms with van der Waals surface area (Å²) in [4.78, 5) is 4.33. The van der Waals surface area contributed by atoms with Crippen molar-refractivity contribution in [3.8, 4) is 0 Å². The van der Waals surface area contributed by atoms with E-state index in [-0.39, 0.29) is 6.04 Å². The Labute approximate surface area is 99.0 Å². The van der Waals surface area contributed by atoms with Crippen LogP contribution in [0.5, 0.6) is 0 Å². The van der Waals surface area contributed by atoms with Crippen molar-refractivity contribution >= 4 is 11.6 Å². The Hall–Kier alpha value is -1.33. The van der Waals surface area contributed by atoms with Crippen molar-refractivity contribution in [2.75, 3.05) is 7.05 Å². The van der Waals surface area contributed by atoms with Crippen LogP contribution in [0.25, 0.3) is 0 Å². The third-order valence-electron chi connectivity index (χ3n) is 2.62. The topological polar surface area (TPSA) is 47.7 Å². The van der Waals surface area contributed by atoms with Gasteiger partial charge in [-0.05, 0) is 7.05 Å². The van der Waals surface area contributed by atoms with E-state index in [9.17, 15) is 0 Å². The van der Waals surface area contributed by atoms with Gasteiger partial charge in [-0.1, -0.05) is 11.6 Å². The average molecular weight is 240 g/mol. The Morgan fingerprint density at radius 2 is 2.19 bits per heavy atom. The molecule has 0 aliphatic rings. The Bertz CT molecular complexity index is 468. The number of hydrogen-bond acceptors (Lipinski definition) is 3. The van der Waals surface area contributed by atoms with Crippen LogP contribution in [-0.2, 0) is 14.1 Å². The maximum atomic E-state index is 6.13. The summed E-state index contributed by atoms with van der Waals surface area (Å²) in [5.74, 6) is 0.910. The second-order valence-electron chi connectivity index (χ2n) is 3.62. The van der Waals surface area contributed by atoms with E-state index in [4.69, 9.17) is 11.6 Å². The van der Waals surface area contributed by atoms with Crippen LogP contribution in [0, 0.1) is 0 Å². The van der Waals surface area contributed by atoms with Crippen LogP contribution in [0.1, 0.15) is 17.6 Å². The molecule has 0 saturated heterocycles. The third kappa shape index (κ3) is 1.72. The molecule has 0 bridgehead atoms. The fourth-order valence-corrected chi connectivity index (χ4v) is 2.06. The van der Waals surface area contributed by atoms with Gasteiger partial charge in [0.1, 0.15) is 11.9 Å². The zero-order valence-electron chi connectivity index (χ0n) is 9.48. The lowest BCUT2D eigenvalue weighted by Gasteiger charge is -2.16. The van der Waals surface area contributed by atoms with Crippen LogP contribution in [-0.4, -0.2) is 26.4 Å². The molecule has 6 heteroatoms. The molecule has 0 aliphatic carbocycles. The lowest BCUT2D eigenvalue weighted by molar-refractivity contribution is 0.563. The Morgan fingerprint density at radius 1 is 1.44 bits per heavy atom. The zero-order chi connectivity index (χ0) is 11.7. The quantitative estimate of drug-likeness (QED) is 0.873. The van der Waals surface area contributed by atoms with E-state index in [0.717, 1.165) is 11.5 Å². The van der Waals surface area contributed by atoms with Gasteiger partial charge in [0.25, 0.3) is 0 Å². The van der Waals surface area contributed by atoms with Crippen molar-refractivity contribution in [3.05, 3.63) is 35.1 Å². The highest BCUT2D eigenvalue weighted by atomic mass is 35.5. The van der Waals surface area contributed by atoms with Gasteiger partial charge in [0.15, 0.2) is 0 Å². The molecule has 2 aromatic rings. The van der Waals surface area contributed by atoms with E-state index in [2.05, 4.69) is 15.4 Å². The van der Waals surface area contributed by atoms with E-state index < -0.39 is 0 Å². The second-order valence-corrected chi connectivity index (χ2v) is 4.03. The highest BCUT2D eigenvalue weighted by Gasteiger charge is 2.22. The Balaban J connectivity index is 2.49. The summed E-state index contributed by atoms with van der Waals surface area (Å²) in [6, 6.07) is -0.0556. The fraction of sp³-hybridized carbons (Fsp3) is 0.400. The van der Waals surface area contributed by atoms with Gasteiger partial charge in [0, 0.05) is 26.5 Å². The lowest BCUT2D eigenvalue weighted by Crippen LogP contribution is -2.24. The lowest BCUT2D eigenvalue weighted by atomic mass is 10.2. The molecule has 0 aromatic carbocycles. The molecule has 1 unspecified atom stereocenters. The summed E-state index contributed by atoms with van der Waals surface area (Å²) in [6.45, 7) is 0. The van der Waals surface area contributed by atoms with E-state index in [1.54, 1.807) is 17.1 Å². The number of nitrogens with one attached hydrogen (secondary N) is 1. The minimum absolute atomic E-state index is 0.0556. The first-order valence-electron chi connectivity index (χ1n) is 4.97. The summed E-state index contributed by atoms with van der Waals surface area (Å²) in [5, 5.41) is 7.98. The van der Waals surface area contributed by atoms with Crippen molar-refractivity contribution in [1.29, 1.82) is 0 Å². The largest absolute Gasteiger partial charge is 0.336 e. The predicted molar refractivity (Wildman–Crippen MR) is 62.3 cm³/mol. The summed E-state index contributed by atoms with van der Waals surface area (Å²) < 4.78 is 3.72. The van der Waals surface area contributed by atoms with Crippen molar-refractivity contribution < 1.29 is 0 Å². The predicted octanol–water partition coefficient (Wildman–Crippen LogP) is 1.12. The van der Waals surface area contributed by atoms with Gasteiger partial charge in [-0.3, -0.25) is 4.68 Å². The summed E-state index contributed by atoms with van der Waals surface area (Å²) in [5.41, 5.74) is 0.915. The molecular weight excluding hydrogens is 226 g/mol. The summed E-state index contributed by atoms with van der Waals surface area (Å²) in [7, 11) is 5.70. The second kappa shape index (κ2) is 4.27. The molecule has 0 radical (unpaired) electrons. The minimum Gasteiger partial charge on any atom is -0.336 e. The molecule has 1 N–H and O–H groups in total. The van der Waals surface area contributed by atoms with Gasteiger partial charge in [-0.2, -0.15) is 5.10 Å². The van der Waals surface area contributed by atoms with E-state index >= 15 is 0 Å². The molecule has 0 aliphatic heterocycles. The van der Waals surface area contributed by atoms with E-state index in [1.807, 2.05) is 31.9 Å². The monoisotopic (exact) mass is 239 g/mol. The molecule has 0 amide bonds. The van der Waals surface area contributed by atoms with Gasteiger partial charge >= 0.3 is 0 Å². The molecule has 5 nitrogen and oxygen atoms in total. The Kier molecular flexibility index (Phi) is 2.98. The van der Waals surface area contributed by atoms with Crippen molar-refractivity contribution in [1.82, 2.24) is 24.6 Å². The number of rotatable bonds is 3. The first kappa shape index (κ1) is 11.2. The van der Waals surface area contributed by atoms with Crippen LogP contribution in [0.2, 0.25) is 5.02 Å². The highest BCUT2D eigenvalue weighted by Crippen LogP contribution is 2.26. The number of aryl methyl sites for hydroxylation is 2. The van der Waals surface area contributed by atoms with Crippen molar-refractivity contribution in [3.63, 3.8) is 0 Å². The maximum Gasteiger partial charge on any atom is 0.131 e. The molecule has 0 fully saturated rings. The zero-order valence-corrected chi connectivity index (χ0v) is 10.2. The van der Waals surface area contributed by atoms with Crippen molar-refractivity contribution in [2.24, 2.45) is 14.1 Å². The fourth-order valence-electron chi connectivity index (χ4n) is 1.79. The molecule has 2 aromatic heterocycles. The van der Waals surface area contributed by atoms with Gasteiger partial charge in [-0.15, -0.1) is 0 Å². The number of nitrogens with zero attached hydrogens (tertiary/aromatic N) is 4. The standard InChI is InChI=1S/C10H14ClN5/c1-12-8(10-13-4-5-15(10)2)9-7(11)6-14-16(9)3/h4-6,8,12H,1-3H3. The first-order valence-corrected chi connectivity index (χ1v) is 5.34. The molecule has 0 spiro atoms. The number of aromatic nitrogens is 4. The highest BCUT2D eigenvalue weighted by molar-refractivity contribution is 6.31. The van der Waals surface area contributed by atoms with Gasteiger partial charge in [0.2, 0.25) is 0 Å². The molecule has 86 valence electrons.